The van der Waals surface area contributed by atoms with Crippen molar-refractivity contribution in [3.05, 3.63) is 110 Å². The number of benzene rings is 2. The van der Waals surface area contributed by atoms with Gasteiger partial charge in [-0.25, -0.2) is 4.98 Å². The summed E-state index contributed by atoms with van der Waals surface area (Å²) >= 11 is 20.2. The number of halogens is 3. The van der Waals surface area contributed by atoms with E-state index in [0.717, 1.165) is 11.1 Å². The summed E-state index contributed by atoms with van der Waals surface area (Å²) in [5, 5.41) is 37.7. The van der Waals surface area contributed by atoms with Crippen molar-refractivity contribution in [2.45, 2.75) is 32.8 Å². The third-order valence-corrected chi connectivity index (χ3v) is 8.32. The highest BCUT2D eigenvalue weighted by atomic mass is 35.5. The van der Waals surface area contributed by atoms with E-state index in [0.29, 0.717) is 87.0 Å². The number of hydrogen-bond donors (Lipinski definition) is 5. The molecule has 0 bridgehead atoms. The Kier molecular flexibility index (Phi) is 11.4. The zero-order valence-corrected chi connectivity index (χ0v) is 28.5. The van der Waals surface area contributed by atoms with Crippen LogP contribution < -0.4 is 25.4 Å². The molecular formula is C31H28Cl3N13O3. The molecule has 0 radical (unpaired) electrons. The Hall–Kier alpha value is -5.26. The summed E-state index contributed by atoms with van der Waals surface area (Å²) in [5.74, 6) is 1.41. The van der Waals surface area contributed by atoms with Gasteiger partial charge >= 0.3 is 0 Å². The first-order valence-electron chi connectivity index (χ1n) is 14.9. The van der Waals surface area contributed by atoms with E-state index in [4.69, 9.17) is 44.3 Å². The van der Waals surface area contributed by atoms with Crippen molar-refractivity contribution in [1.82, 2.24) is 61.8 Å². The highest BCUT2D eigenvalue weighted by molar-refractivity contribution is 6.39. The number of tetrazole rings is 2. The molecule has 4 aromatic heterocycles. The van der Waals surface area contributed by atoms with Crippen LogP contribution in [-0.4, -0.2) is 64.2 Å². The lowest BCUT2D eigenvalue weighted by Crippen LogP contribution is -2.16. The Morgan fingerprint density at radius 2 is 1.54 bits per heavy atom. The van der Waals surface area contributed by atoms with E-state index in [-0.39, 0.29) is 12.3 Å². The summed E-state index contributed by atoms with van der Waals surface area (Å²) in [5.41, 5.74) is 3.87. The number of hydrogen-bond acceptors (Lipinski definition) is 13. The minimum atomic E-state index is -0.424. The van der Waals surface area contributed by atoms with Crippen molar-refractivity contribution in [3.63, 3.8) is 0 Å². The summed E-state index contributed by atoms with van der Waals surface area (Å²) in [4.78, 5) is 21.9. The molecule has 0 aliphatic heterocycles. The summed E-state index contributed by atoms with van der Waals surface area (Å²) in [7, 11) is 1.53. The smallest absolute Gasteiger partial charge is 0.274 e. The van der Waals surface area contributed by atoms with E-state index in [1.54, 1.807) is 60.8 Å². The van der Waals surface area contributed by atoms with Gasteiger partial charge in [-0.1, -0.05) is 75.6 Å². The molecule has 50 heavy (non-hydrogen) atoms. The number of anilines is 1. The normalized spacial score (nSPS) is 11.0. The second kappa shape index (κ2) is 16.4. The van der Waals surface area contributed by atoms with E-state index >= 15 is 0 Å². The van der Waals surface area contributed by atoms with Crippen LogP contribution in [0, 0.1) is 0 Å². The zero-order valence-electron chi connectivity index (χ0n) is 26.2. The van der Waals surface area contributed by atoms with Gasteiger partial charge in [0.2, 0.25) is 5.88 Å². The number of nitrogens with zero attached hydrogens (tertiary/aromatic N) is 8. The molecule has 0 spiro atoms. The summed E-state index contributed by atoms with van der Waals surface area (Å²) in [6.45, 7) is 1.76. The van der Waals surface area contributed by atoms with Gasteiger partial charge < -0.3 is 25.4 Å². The monoisotopic (exact) mass is 735 g/mol. The van der Waals surface area contributed by atoms with Crippen LogP contribution in [0.1, 0.15) is 39.0 Å². The Bertz CT molecular complexity index is 2050. The van der Waals surface area contributed by atoms with Gasteiger partial charge in [-0.3, -0.25) is 9.78 Å². The summed E-state index contributed by atoms with van der Waals surface area (Å²) in [6.07, 6.45) is 1.62. The third kappa shape index (κ3) is 8.47. The molecule has 1 amide bonds. The largest absolute Gasteiger partial charge is 0.486 e. The summed E-state index contributed by atoms with van der Waals surface area (Å²) < 4.78 is 11.6. The van der Waals surface area contributed by atoms with E-state index in [2.05, 4.69) is 67.2 Å². The SMILES string of the molecule is COc1nc(COc2cccc(-c3cccc(NC(=O)c4ccc(CNCc5nn[nH]n5)cn4)c3Cl)c2Cl)c(Cl)cc1CNCc1nn[nH]n1. The molecule has 256 valence electrons. The van der Waals surface area contributed by atoms with Crippen LogP contribution in [-0.2, 0) is 32.8 Å². The maximum atomic E-state index is 13.1. The highest BCUT2D eigenvalue weighted by Crippen LogP contribution is 2.41. The van der Waals surface area contributed by atoms with Crippen LogP contribution in [0.5, 0.6) is 11.6 Å². The average molecular weight is 737 g/mol. The molecule has 0 saturated heterocycles. The van der Waals surface area contributed by atoms with Crippen LogP contribution in [0.2, 0.25) is 15.1 Å². The second-order valence-electron chi connectivity index (χ2n) is 10.5. The standard InChI is InChI=1S/C31H28Cl3N13O3/c1-49-31-18(13-36-15-27-42-46-47-43-27)10-21(32)24(39-31)16-50-25-7-3-5-20(29(25)34)19-4-2-6-22(28(19)33)38-30(48)23-9-8-17(12-37-23)11-35-14-26-40-44-45-41-26/h2-10,12,35-36H,11,13-16H2,1H3,(H,38,48)(H,40,41,44,45)(H,42,43,46,47). The quantitative estimate of drug-likeness (QED) is 0.0983. The van der Waals surface area contributed by atoms with Crippen LogP contribution in [0.4, 0.5) is 5.69 Å². The third-order valence-electron chi connectivity index (χ3n) is 7.19. The van der Waals surface area contributed by atoms with Gasteiger partial charge in [-0.2, -0.15) is 10.4 Å². The van der Waals surface area contributed by atoms with E-state index in [1.165, 1.54) is 7.11 Å². The van der Waals surface area contributed by atoms with Gasteiger partial charge in [0, 0.05) is 36.0 Å². The molecular weight excluding hydrogens is 709 g/mol. The van der Waals surface area contributed by atoms with Crippen LogP contribution in [0.3, 0.4) is 0 Å². The molecule has 19 heteroatoms. The number of ether oxygens (including phenoxy) is 2. The predicted octanol–water partition coefficient (Wildman–Crippen LogP) is 4.55. The molecule has 0 aliphatic rings. The number of aromatic amines is 2. The Morgan fingerprint density at radius 3 is 2.20 bits per heavy atom. The molecule has 0 saturated carbocycles. The van der Waals surface area contributed by atoms with Crippen molar-refractivity contribution in [2.75, 3.05) is 12.4 Å². The average Bonchev–Trinajstić information content (AvgIpc) is 3.85. The van der Waals surface area contributed by atoms with Gasteiger partial charge in [-0.05, 0) is 29.8 Å². The predicted molar refractivity (Wildman–Crippen MR) is 184 cm³/mol. The molecule has 4 heterocycles. The minimum absolute atomic E-state index is 0.0133. The zero-order chi connectivity index (χ0) is 34.9. The number of carbonyl (C=O) groups is 1. The first-order valence-corrected chi connectivity index (χ1v) is 16.1. The van der Waals surface area contributed by atoms with E-state index in [1.807, 2.05) is 0 Å². The lowest BCUT2D eigenvalue weighted by Gasteiger charge is -2.16. The number of amides is 1. The van der Waals surface area contributed by atoms with Crippen molar-refractivity contribution in [3.8, 4) is 22.8 Å². The molecule has 16 nitrogen and oxygen atoms in total. The lowest BCUT2D eigenvalue weighted by atomic mass is 10.0. The fourth-order valence-corrected chi connectivity index (χ4v) is 5.54. The molecule has 0 aliphatic carbocycles. The number of carbonyl (C=O) groups excluding carboxylic acids is 1. The first-order chi connectivity index (χ1) is 24.4. The van der Waals surface area contributed by atoms with Gasteiger partial charge in [0.15, 0.2) is 11.6 Å². The first kappa shape index (κ1) is 34.6. The minimum Gasteiger partial charge on any atom is -0.486 e. The number of pyridine rings is 2. The molecule has 0 fully saturated rings. The molecule has 6 rings (SSSR count). The molecule has 6 aromatic rings. The van der Waals surface area contributed by atoms with Crippen LogP contribution in [0.25, 0.3) is 11.1 Å². The molecule has 0 unspecified atom stereocenters. The second-order valence-corrected chi connectivity index (χ2v) is 11.7. The fraction of sp³-hybridized carbons (Fsp3) is 0.194. The number of rotatable bonds is 15. The van der Waals surface area contributed by atoms with Gasteiger partial charge in [0.1, 0.15) is 23.7 Å². The number of nitrogens with one attached hydrogen (secondary N) is 5. The Balaban J connectivity index is 1.10. The number of methoxy groups -OCH3 is 1. The summed E-state index contributed by atoms with van der Waals surface area (Å²) in [6, 6.07) is 15.8. The van der Waals surface area contributed by atoms with Gasteiger partial charge in [-0.15, -0.1) is 20.4 Å². The highest BCUT2D eigenvalue weighted by Gasteiger charge is 2.18. The van der Waals surface area contributed by atoms with Gasteiger partial charge in [0.25, 0.3) is 5.91 Å². The van der Waals surface area contributed by atoms with Crippen molar-refractivity contribution < 1.29 is 14.3 Å². The fourth-order valence-electron chi connectivity index (χ4n) is 4.76. The van der Waals surface area contributed by atoms with Gasteiger partial charge in [0.05, 0.1) is 41.0 Å². The van der Waals surface area contributed by atoms with Crippen molar-refractivity contribution >= 4 is 46.4 Å². The molecule has 2 aromatic carbocycles. The van der Waals surface area contributed by atoms with E-state index in [9.17, 15) is 4.79 Å². The molecule has 0 atom stereocenters. The number of aromatic nitrogens is 10. The topological polar surface area (TPSA) is 206 Å². The molecule has 5 N–H and O–H groups in total. The lowest BCUT2D eigenvalue weighted by molar-refractivity contribution is 0.102. The number of H-pyrrole nitrogens is 2. The van der Waals surface area contributed by atoms with Crippen molar-refractivity contribution in [1.29, 1.82) is 0 Å². The maximum absolute atomic E-state index is 13.1. The van der Waals surface area contributed by atoms with Crippen LogP contribution >= 0.6 is 34.8 Å². The Morgan fingerprint density at radius 1 is 0.840 bits per heavy atom. The Labute approximate surface area is 299 Å². The van der Waals surface area contributed by atoms with E-state index < -0.39 is 5.91 Å². The maximum Gasteiger partial charge on any atom is 0.274 e. The van der Waals surface area contributed by atoms with Crippen molar-refractivity contribution in [2.24, 2.45) is 0 Å². The van der Waals surface area contributed by atoms with Crippen LogP contribution in [0.15, 0.2) is 60.8 Å².